The number of aryl methyl sites for hydroxylation is 1. The Morgan fingerprint density at radius 3 is 2.79 bits per heavy atom. The number of methoxy groups -OCH3 is 1. The highest BCUT2D eigenvalue weighted by Gasteiger charge is 2.20. The summed E-state index contributed by atoms with van der Waals surface area (Å²) in [7, 11) is 1.70. The van der Waals surface area contributed by atoms with Gasteiger partial charge in [-0.25, -0.2) is 0 Å². The molecule has 3 aromatic rings. The molecule has 1 atom stereocenters. The lowest BCUT2D eigenvalue weighted by atomic mass is 10.2. The summed E-state index contributed by atoms with van der Waals surface area (Å²) in [5, 5.41) is 11.5. The first-order valence-electron chi connectivity index (χ1n) is 9.28. The number of carbonyl (C=O) groups is 1. The van der Waals surface area contributed by atoms with Crippen LogP contribution in [0.2, 0.25) is 0 Å². The first-order chi connectivity index (χ1) is 13.5. The number of Topliss-reactive ketones (excluding diaryl/α,β-unsaturated/α-hetero) is 1. The molecule has 3 heterocycles. The summed E-state index contributed by atoms with van der Waals surface area (Å²) < 4.78 is 9.51. The molecular weight excluding hydrogens is 392 g/mol. The van der Waals surface area contributed by atoms with Crippen molar-refractivity contribution in [2.24, 2.45) is 0 Å². The highest BCUT2D eigenvalue weighted by atomic mass is 32.2. The average molecular weight is 419 g/mol. The third kappa shape index (κ3) is 4.09. The Kier molecular flexibility index (Phi) is 6.74. The summed E-state index contributed by atoms with van der Waals surface area (Å²) in [6.07, 6.45) is 0. The van der Waals surface area contributed by atoms with Crippen molar-refractivity contribution in [1.82, 2.24) is 19.3 Å². The molecule has 3 aromatic heterocycles. The van der Waals surface area contributed by atoms with Gasteiger partial charge in [0.15, 0.2) is 16.8 Å². The van der Waals surface area contributed by atoms with Gasteiger partial charge >= 0.3 is 0 Å². The zero-order valence-corrected chi connectivity index (χ0v) is 18.6. The van der Waals surface area contributed by atoms with Gasteiger partial charge in [0.2, 0.25) is 0 Å². The van der Waals surface area contributed by atoms with Gasteiger partial charge in [-0.05, 0) is 45.2 Å². The van der Waals surface area contributed by atoms with Crippen LogP contribution < -0.4 is 0 Å². The normalized spacial score (nSPS) is 12.5. The van der Waals surface area contributed by atoms with Gasteiger partial charge in [0.1, 0.15) is 0 Å². The lowest BCUT2D eigenvalue weighted by molar-refractivity contribution is 0.102. The number of ketones is 1. The molecule has 1 unspecified atom stereocenters. The molecule has 150 valence electrons. The van der Waals surface area contributed by atoms with Crippen molar-refractivity contribution in [3.63, 3.8) is 0 Å². The summed E-state index contributed by atoms with van der Waals surface area (Å²) >= 11 is 3.09. The van der Waals surface area contributed by atoms with Gasteiger partial charge in [0.25, 0.3) is 0 Å². The number of rotatable bonds is 9. The van der Waals surface area contributed by atoms with Gasteiger partial charge in [0, 0.05) is 30.6 Å². The molecule has 0 amide bonds. The topological polar surface area (TPSA) is 61.9 Å². The van der Waals surface area contributed by atoms with Gasteiger partial charge in [-0.3, -0.25) is 4.79 Å². The second-order valence-corrected chi connectivity index (χ2v) is 8.59. The average Bonchev–Trinajstić information content (AvgIpc) is 3.38. The van der Waals surface area contributed by atoms with E-state index in [1.54, 1.807) is 18.4 Å². The molecule has 0 aliphatic heterocycles. The van der Waals surface area contributed by atoms with Crippen LogP contribution in [-0.2, 0) is 11.3 Å². The molecule has 0 fully saturated rings. The van der Waals surface area contributed by atoms with Crippen LogP contribution in [0.25, 0.3) is 10.7 Å². The summed E-state index contributed by atoms with van der Waals surface area (Å²) in [6, 6.07) is 6.21. The van der Waals surface area contributed by atoms with Crippen LogP contribution in [0, 0.1) is 13.8 Å². The number of ether oxygens (including phenoxy) is 1. The van der Waals surface area contributed by atoms with Crippen molar-refractivity contribution in [1.29, 1.82) is 0 Å². The van der Waals surface area contributed by atoms with Crippen molar-refractivity contribution in [2.45, 2.75) is 45.4 Å². The molecule has 0 aromatic carbocycles. The Morgan fingerprint density at radius 1 is 1.36 bits per heavy atom. The predicted molar refractivity (Wildman–Crippen MR) is 115 cm³/mol. The minimum Gasteiger partial charge on any atom is -0.383 e. The third-order valence-electron chi connectivity index (χ3n) is 4.74. The molecule has 0 bridgehead atoms. The van der Waals surface area contributed by atoms with Gasteiger partial charge < -0.3 is 13.9 Å². The van der Waals surface area contributed by atoms with Crippen molar-refractivity contribution >= 4 is 28.9 Å². The van der Waals surface area contributed by atoms with Crippen molar-refractivity contribution in [3.8, 4) is 10.7 Å². The number of hydrogen-bond donors (Lipinski definition) is 0. The lowest BCUT2D eigenvalue weighted by Gasteiger charge is -2.17. The fourth-order valence-electron chi connectivity index (χ4n) is 3.53. The maximum absolute atomic E-state index is 12.9. The second-order valence-electron chi connectivity index (χ2n) is 6.70. The quantitative estimate of drug-likeness (QED) is 0.375. The fraction of sp³-hybridized carbons (Fsp3) is 0.450. The van der Waals surface area contributed by atoms with Gasteiger partial charge in [-0.1, -0.05) is 17.8 Å². The van der Waals surface area contributed by atoms with Crippen LogP contribution >= 0.6 is 23.1 Å². The standard InChI is InChI=1S/C20H26N4O2S2/c1-6-23-19(18-8-7-9-27-18)21-22-20(23)28-12-17(25)16-10-13(2)24(15(16)4)14(3)11-26-5/h7-10,14H,6,11-12H2,1-5H3. The third-order valence-corrected chi connectivity index (χ3v) is 6.57. The molecule has 0 spiro atoms. The molecule has 0 saturated carbocycles. The Bertz CT molecular complexity index is 944. The predicted octanol–water partition coefficient (Wildman–Crippen LogP) is 4.63. The first kappa shape index (κ1) is 20.8. The van der Waals surface area contributed by atoms with Gasteiger partial charge in [-0.15, -0.1) is 21.5 Å². The molecule has 0 aliphatic carbocycles. The maximum atomic E-state index is 12.9. The fourth-order valence-corrected chi connectivity index (χ4v) is 5.13. The van der Waals surface area contributed by atoms with Crippen LogP contribution in [-0.4, -0.2) is 44.6 Å². The number of thiophene rings is 1. The van der Waals surface area contributed by atoms with Crippen LogP contribution in [0.15, 0.2) is 28.7 Å². The van der Waals surface area contributed by atoms with E-state index in [9.17, 15) is 4.79 Å². The SMILES string of the molecule is CCn1c(SCC(=O)c2cc(C)n(C(C)COC)c2C)nnc1-c1cccs1. The molecule has 0 radical (unpaired) electrons. The van der Waals surface area contributed by atoms with Crippen molar-refractivity contribution in [3.05, 3.63) is 40.5 Å². The Balaban J connectivity index is 1.76. The van der Waals surface area contributed by atoms with Crippen LogP contribution in [0.1, 0.15) is 41.6 Å². The van der Waals surface area contributed by atoms with Crippen LogP contribution in [0.5, 0.6) is 0 Å². The van der Waals surface area contributed by atoms with E-state index in [-0.39, 0.29) is 11.8 Å². The largest absolute Gasteiger partial charge is 0.383 e. The molecule has 28 heavy (non-hydrogen) atoms. The number of carbonyl (C=O) groups excluding carboxylic acids is 1. The maximum Gasteiger partial charge on any atom is 0.191 e. The molecule has 0 N–H and O–H groups in total. The van der Waals surface area contributed by atoms with Gasteiger partial charge in [-0.2, -0.15) is 0 Å². The minimum absolute atomic E-state index is 0.109. The zero-order valence-electron chi connectivity index (χ0n) is 16.9. The molecule has 3 rings (SSSR count). The van der Waals surface area contributed by atoms with E-state index < -0.39 is 0 Å². The van der Waals surface area contributed by atoms with E-state index >= 15 is 0 Å². The smallest absolute Gasteiger partial charge is 0.191 e. The van der Waals surface area contributed by atoms with Crippen molar-refractivity contribution in [2.75, 3.05) is 19.5 Å². The molecule has 8 heteroatoms. The summed E-state index contributed by atoms with van der Waals surface area (Å²) in [5.74, 6) is 1.31. The number of aromatic nitrogens is 4. The molecule has 0 aliphatic rings. The number of hydrogen-bond acceptors (Lipinski definition) is 6. The Hall–Kier alpha value is -1.90. The number of nitrogens with zero attached hydrogens (tertiary/aromatic N) is 4. The molecule has 6 nitrogen and oxygen atoms in total. The van der Waals surface area contributed by atoms with E-state index in [2.05, 4.69) is 33.2 Å². The van der Waals surface area contributed by atoms with E-state index in [1.807, 2.05) is 37.4 Å². The molecular formula is C20H26N4O2S2. The first-order valence-corrected chi connectivity index (χ1v) is 11.1. The Labute approximate surface area is 173 Å². The lowest BCUT2D eigenvalue weighted by Crippen LogP contribution is -2.14. The van der Waals surface area contributed by atoms with E-state index in [1.165, 1.54) is 11.8 Å². The van der Waals surface area contributed by atoms with Gasteiger partial charge in [0.05, 0.1) is 23.3 Å². The number of thioether (sulfide) groups is 1. The minimum atomic E-state index is 0.109. The highest BCUT2D eigenvalue weighted by molar-refractivity contribution is 7.99. The summed E-state index contributed by atoms with van der Waals surface area (Å²) in [6.45, 7) is 9.58. The second kappa shape index (κ2) is 9.07. The van der Waals surface area contributed by atoms with Crippen LogP contribution in [0.4, 0.5) is 0 Å². The van der Waals surface area contributed by atoms with E-state index in [0.717, 1.165) is 39.4 Å². The Morgan fingerprint density at radius 2 is 2.14 bits per heavy atom. The van der Waals surface area contributed by atoms with Crippen LogP contribution in [0.3, 0.4) is 0 Å². The summed E-state index contributed by atoms with van der Waals surface area (Å²) in [4.78, 5) is 14.0. The molecule has 0 saturated heterocycles. The monoisotopic (exact) mass is 418 g/mol. The van der Waals surface area contributed by atoms with E-state index in [0.29, 0.717) is 12.4 Å². The zero-order chi connectivity index (χ0) is 20.3. The van der Waals surface area contributed by atoms with E-state index in [4.69, 9.17) is 4.74 Å². The highest BCUT2D eigenvalue weighted by Crippen LogP contribution is 2.28. The summed E-state index contributed by atoms with van der Waals surface area (Å²) in [5.41, 5.74) is 2.84. The van der Waals surface area contributed by atoms with Crippen molar-refractivity contribution < 1.29 is 9.53 Å².